The van der Waals surface area contributed by atoms with Crippen molar-refractivity contribution in [2.75, 3.05) is 4.90 Å². The van der Waals surface area contributed by atoms with Crippen LogP contribution in [0.15, 0.2) is 60.9 Å². The van der Waals surface area contributed by atoms with Crippen molar-refractivity contribution in [2.24, 2.45) is 0 Å². The lowest BCUT2D eigenvalue weighted by molar-refractivity contribution is 1.18. The molecule has 1 aliphatic rings. The molecule has 0 bridgehead atoms. The van der Waals surface area contributed by atoms with Crippen molar-refractivity contribution in [1.29, 1.82) is 0 Å². The predicted molar refractivity (Wildman–Crippen MR) is 61.1 cm³/mol. The summed E-state index contributed by atoms with van der Waals surface area (Å²) < 4.78 is 7.50. The Balaban J connectivity index is 2.39. The molecule has 0 atom stereocenters. The molecule has 0 fully saturated rings. The molecule has 0 amide bonds. The van der Waals surface area contributed by atoms with Gasteiger partial charge in [-0.15, -0.1) is 0 Å². The summed E-state index contributed by atoms with van der Waals surface area (Å²) in [5, 5.41) is 0. The molecule has 0 unspecified atom stereocenters. The fourth-order valence-corrected chi connectivity index (χ4v) is 1.50. The van der Waals surface area contributed by atoms with Gasteiger partial charge in [0.15, 0.2) is 0 Å². The third kappa shape index (κ3) is 1.49. The molecule has 70 valence electrons. The minimum absolute atomic E-state index is 0.491. The first kappa shape index (κ1) is 7.63. The summed E-state index contributed by atoms with van der Waals surface area (Å²) in [5.74, 6) is 0. The molecule has 0 saturated carbocycles. The lowest BCUT2D eigenvalue weighted by atomic mass is 10.1. The number of benzene rings is 1. The first-order chi connectivity index (χ1) is 7.18. The van der Waals surface area contributed by atoms with Crippen LogP contribution < -0.4 is 4.90 Å². The standard InChI is InChI=1S/C13H13N/c1-11-7-3-4-9-13(11)14-10-6-5-8-12(14)2/h3-10H,2H2,1H3/i5T. The Morgan fingerprint density at radius 1 is 1.36 bits per heavy atom. The van der Waals surface area contributed by atoms with Gasteiger partial charge in [-0.1, -0.05) is 30.8 Å². The highest BCUT2D eigenvalue weighted by molar-refractivity contribution is 5.62. The molecule has 1 aromatic carbocycles. The molecule has 0 aliphatic carbocycles. The molecule has 1 nitrogen and oxygen atoms in total. The van der Waals surface area contributed by atoms with Crippen molar-refractivity contribution in [3.63, 3.8) is 0 Å². The summed E-state index contributed by atoms with van der Waals surface area (Å²) in [4.78, 5) is 1.99. The molecule has 1 heteroatoms. The Morgan fingerprint density at radius 3 is 2.86 bits per heavy atom. The molecule has 1 aromatic rings. The monoisotopic (exact) mass is 185 g/mol. The van der Waals surface area contributed by atoms with Crippen LogP contribution in [0.25, 0.3) is 0 Å². The molecule has 0 aromatic heterocycles. The second-order valence-electron chi connectivity index (χ2n) is 3.27. The zero-order valence-electron chi connectivity index (χ0n) is 9.20. The zero-order chi connectivity index (χ0) is 10.8. The number of nitrogens with zero attached hydrogens (tertiary/aromatic N) is 1. The lowest BCUT2D eigenvalue weighted by Crippen LogP contribution is -2.15. The highest BCUT2D eigenvalue weighted by Gasteiger charge is 2.08. The maximum Gasteiger partial charge on any atom is 0.0624 e. The van der Waals surface area contributed by atoms with Crippen LogP contribution >= 0.6 is 0 Å². The molecule has 0 spiro atoms. The third-order valence-electron chi connectivity index (χ3n) is 2.25. The highest BCUT2D eigenvalue weighted by Crippen LogP contribution is 2.25. The number of anilines is 1. The summed E-state index contributed by atoms with van der Waals surface area (Å²) in [6.07, 6.45) is 5.40. The van der Waals surface area contributed by atoms with Crippen LogP contribution in [-0.2, 0) is 0 Å². The van der Waals surface area contributed by atoms with E-state index in [1.54, 1.807) is 12.2 Å². The largest absolute Gasteiger partial charge is 0.318 e. The first-order valence-corrected chi connectivity index (χ1v) is 4.59. The van der Waals surface area contributed by atoms with E-state index in [9.17, 15) is 0 Å². The van der Waals surface area contributed by atoms with E-state index in [1.807, 2.05) is 29.3 Å². The van der Waals surface area contributed by atoms with Crippen LogP contribution in [0.3, 0.4) is 0 Å². The number of para-hydroxylation sites is 1. The number of allylic oxidation sites excluding steroid dienone is 3. The molecule has 2 rings (SSSR count). The van der Waals surface area contributed by atoms with Gasteiger partial charge in [0.2, 0.25) is 0 Å². The van der Waals surface area contributed by atoms with Gasteiger partial charge in [0, 0.05) is 17.6 Å². The molecule has 0 radical (unpaired) electrons. The zero-order valence-corrected chi connectivity index (χ0v) is 8.20. The van der Waals surface area contributed by atoms with Crippen molar-refractivity contribution < 1.29 is 1.37 Å². The Bertz CT molecular complexity index is 457. The summed E-state index contributed by atoms with van der Waals surface area (Å²) in [5.41, 5.74) is 3.14. The average molecular weight is 185 g/mol. The van der Waals surface area contributed by atoms with E-state index in [1.165, 1.54) is 5.56 Å². The quantitative estimate of drug-likeness (QED) is 0.648. The van der Waals surface area contributed by atoms with E-state index in [0.717, 1.165) is 11.4 Å². The van der Waals surface area contributed by atoms with Gasteiger partial charge in [-0.2, -0.15) is 0 Å². The number of rotatable bonds is 1. The predicted octanol–water partition coefficient (Wildman–Crippen LogP) is 3.40. The SMILES string of the molecule is [3H]C1=CC(=C)N(c2ccccc2C)C=C1. The van der Waals surface area contributed by atoms with E-state index in [0.29, 0.717) is 6.05 Å². The topological polar surface area (TPSA) is 3.24 Å². The van der Waals surface area contributed by atoms with Crippen molar-refractivity contribution in [1.82, 2.24) is 0 Å². The summed E-state index contributed by atoms with van der Waals surface area (Å²) >= 11 is 0. The molecule has 1 heterocycles. The number of hydrogen-bond donors (Lipinski definition) is 0. The van der Waals surface area contributed by atoms with Gasteiger partial charge in [0.05, 0.1) is 1.37 Å². The highest BCUT2D eigenvalue weighted by atomic mass is 15.1. The molecule has 0 N–H and O–H groups in total. The molecule has 0 saturated heterocycles. The van der Waals surface area contributed by atoms with Crippen molar-refractivity contribution in [3.8, 4) is 0 Å². The van der Waals surface area contributed by atoms with Crippen LogP contribution in [0.4, 0.5) is 5.69 Å². The van der Waals surface area contributed by atoms with Crippen LogP contribution in [0.1, 0.15) is 6.93 Å². The Kier molecular flexibility index (Phi) is 1.93. The van der Waals surface area contributed by atoms with Crippen LogP contribution in [0, 0.1) is 6.92 Å². The molecular formula is C13H13N. The molecule has 1 aliphatic heterocycles. The van der Waals surface area contributed by atoms with Crippen LogP contribution in [0.5, 0.6) is 0 Å². The van der Waals surface area contributed by atoms with Crippen LogP contribution in [-0.4, -0.2) is 0 Å². The normalized spacial score (nSPS) is 16.6. The fourth-order valence-electron chi connectivity index (χ4n) is 1.50. The second kappa shape index (κ2) is 3.54. The second-order valence-corrected chi connectivity index (χ2v) is 3.27. The van der Waals surface area contributed by atoms with Gasteiger partial charge < -0.3 is 4.90 Å². The average Bonchev–Trinajstić information content (AvgIpc) is 2.20. The van der Waals surface area contributed by atoms with Crippen LogP contribution in [0.2, 0.25) is 0 Å². The Hall–Kier alpha value is -1.76. The van der Waals surface area contributed by atoms with Crippen molar-refractivity contribution >= 4 is 5.69 Å². The minimum Gasteiger partial charge on any atom is -0.318 e. The summed E-state index contributed by atoms with van der Waals surface area (Å²) in [6, 6.07) is 8.62. The third-order valence-corrected chi connectivity index (χ3v) is 2.25. The van der Waals surface area contributed by atoms with Crippen molar-refractivity contribution in [3.05, 3.63) is 66.5 Å². The van der Waals surface area contributed by atoms with Gasteiger partial charge in [-0.3, -0.25) is 0 Å². The fraction of sp³-hybridized carbons (Fsp3) is 0.0769. The maximum absolute atomic E-state index is 7.50. The Labute approximate surface area is 86.1 Å². The number of aryl methyl sites for hydroxylation is 1. The van der Waals surface area contributed by atoms with E-state index >= 15 is 0 Å². The lowest BCUT2D eigenvalue weighted by Gasteiger charge is -2.24. The van der Waals surface area contributed by atoms with E-state index < -0.39 is 0 Å². The van der Waals surface area contributed by atoms with Gasteiger partial charge in [0.25, 0.3) is 0 Å². The summed E-state index contributed by atoms with van der Waals surface area (Å²) in [6.45, 7) is 6.01. The Morgan fingerprint density at radius 2 is 2.14 bits per heavy atom. The smallest absolute Gasteiger partial charge is 0.0624 e. The number of hydrogen-bond acceptors (Lipinski definition) is 1. The maximum atomic E-state index is 7.50. The van der Waals surface area contributed by atoms with E-state index in [-0.39, 0.29) is 0 Å². The van der Waals surface area contributed by atoms with Gasteiger partial charge in [-0.25, -0.2) is 0 Å². The van der Waals surface area contributed by atoms with E-state index in [2.05, 4.69) is 19.6 Å². The summed E-state index contributed by atoms with van der Waals surface area (Å²) in [7, 11) is 0. The van der Waals surface area contributed by atoms with E-state index in [4.69, 9.17) is 1.37 Å². The van der Waals surface area contributed by atoms with Gasteiger partial charge in [-0.05, 0) is 30.7 Å². The molecular weight excluding hydrogens is 170 g/mol. The first-order valence-electron chi connectivity index (χ1n) is 5.09. The molecule has 14 heavy (non-hydrogen) atoms. The minimum atomic E-state index is 0.491. The van der Waals surface area contributed by atoms with Gasteiger partial charge >= 0.3 is 0 Å². The van der Waals surface area contributed by atoms with Crippen molar-refractivity contribution in [2.45, 2.75) is 6.92 Å². The van der Waals surface area contributed by atoms with Gasteiger partial charge in [0.1, 0.15) is 0 Å².